The SMILES string of the molecule is O=C(O)[C@@]1(O)C(O)[C@@](O)(C(=O)O)C1c1ccccc1. The molecule has 7 nitrogen and oxygen atoms in total. The number of aliphatic hydroxyl groups is 3. The number of rotatable bonds is 3. The van der Waals surface area contributed by atoms with Crippen LogP contribution >= 0.6 is 0 Å². The largest absolute Gasteiger partial charge is 0.479 e. The van der Waals surface area contributed by atoms with Gasteiger partial charge in [0.05, 0.1) is 5.92 Å². The minimum absolute atomic E-state index is 0.114. The van der Waals surface area contributed by atoms with Crippen LogP contribution in [0.4, 0.5) is 0 Å². The molecule has 102 valence electrons. The van der Waals surface area contributed by atoms with Crippen LogP contribution in [-0.2, 0) is 9.59 Å². The maximum Gasteiger partial charge on any atom is 0.339 e. The van der Waals surface area contributed by atoms with Crippen molar-refractivity contribution >= 4 is 11.9 Å². The minimum atomic E-state index is -2.74. The van der Waals surface area contributed by atoms with E-state index in [2.05, 4.69) is 0 Å². The lowest BCUT2D eigenvalue weighted by atomic mass is 9.53. The highest BCUT2D eigenvalue weighted by molar-refractivity contribution is 5.92. The molecule has 4 atom stereocenters. The molecule has 5 N–H and O–H groups in total. The van der Waals surface area contributed by atoms with E-state index in [1.165, 1.54) is 24.3 Å². The van der Waals surface area contributed by atoms with Crippen LogP contribution in [0.3, 0.4) is 0 Å². The lowest BCUT2D eigenvalue weighted by Crippen LogP contribution is -2.81. The molecule has 0 saturated heterocycles. The summed E-state index contributed by atoms with van der Waals surface area (Å²) in [5, 5.41) is 47.5. The summed E-state index contributed by atoms with van der Waals surface area (Å²) in [5.74, 6) is -5.24. The third-order valence-corrected chi connectivity index (χ3v) is 3.53. The standard InChI is InChI=1S/C12H12O7/c13-8-11(18,9(14)15)7(12(8,19)10(16)17)6-4-2-1-3-5-6/h1-5,7-8,13,18-19H,(H,14,15)(H,16,17)/t7?,8?,11-,12+. The van der Waals surface area contributed by atoms with Crippen molar-refractivity contribution in [2.24, 2.45) is 0 Å². The van der Waals surface area contributed by atoms with Crippen LogP contribution in [0.2, 0.25) is 0 Å². The summed E-state index contributed by atoms with van der Waals surface area (Å²) in [6.07, 6.45) is -2.32. The topological polar surface area (TPSA) is 135 Å². The molecule has 0 amide bonds. The van der Waals surface area contributed by atoms with Gasteiger partial charge in [-0.15, -0.1) is 0 Å². The fourth-order valence-corrected chi connectivity index (χ4v) is 2.53. The van der Waals surface area contributed by atoms with E-state index < -0.39 is 35.2 Å². The summed E-state index contributed by atoms with van der Waals surface area (Å²) in [7, 11) is 0. The van der Waals surface area contributed by atoms with E-state index in [1.54, 1.807) is 6.07 Å². The number of hydrogen-bond donors (Lipinski definition) is 5. The summed E-state index contributed by atoms with van der Waals surface area (Å²) in [6.45, 7) is 0. The molecule has 1 saturated carbocycles. The molecule has 1 aliphatic rings. The van der Waals surface area contributed by atoms with Gasteiger partial charge < -0.3 is 25.5 Å². The Labute approximate surface area is 107 Å². The van der Waals surface area contributed by atoms with Gasteiger partial charge in [-0.2, -0.15) is 0 Å². The fourth-order valence-electron chi connectivity index (χ4n) is 2.53. The van der Waals surface area contributed by atoms with Crippen molar-refractivity contribution in [1.29, 1.82) is 0 Å². The number of carboxylic acids is 2. The van der Waals surface area contributed by atoms with E-state index >= 15 is 0 Å². The lowest BCUT2D eigenvalue weighted by Gasteiger charge is -2.56. The average Bonchev–Trinajstić information content (AvgIpc) is 2.38. The second-order valence-corrected chi connectivity index (χ2v) is 4.51. The van der Waals surface area contributed by atoms with Gasteiger partial charge in [-0.25, -0.2) is 9.59 Å². The summed E-state index contributed by atoms with van der Waals surface area (Å²) in [4.78, 5) is 22.2. The Kier molecular flexibility index (Phi) is 2.85. The molecule has 0 aromatic heterocycles. The van der Waals surface area contributed by atoms with E-state index in [9.17, 15) is 24.9 Å². The maximum atomic E-state index is 11.1. The van der Waals surface area contributed by atoms with Crippen LogP contribution in [-0.4, -0.2) is 54.8 Å². The molecule has 1 fully saturated rings. The summed E-state index contributed by atoms with van der Waals surface area (Å²) >= 11 is 0. The molecule has 1 aliphatic carbocycles. The highest BCUT2D eigenvalue weighted by Gasteiger charge is 2.78. The molecule has 0 bridgehead atoms. The van der Waals surface area contributed by atoms with Gasteiger partial charge in [-0.05, 0) is 5.56 Å². The summed E-state index contributed by atoms with van der Waals surface area (Å²) in [6, 6.07) is 7.37. The third kappa shape index (κ3) is 1.49. The Morgan fingerprint density at radius 2 is 1.37 bits per heavy atom. The number of aliphatic hydroxyl groups excluding tert-OH is 1. The van der Waals surface area contributed by atoms with Gasteiger partial charge in [0.1, 0.15) is 6.10 Å². The molecule has 0 spiro atoms. The van der Waals surface area contributed by atoms with E-state index in [1.807, 2.05) is 0 Å². The highest BCUT2D eigenvalue weighted by atomic mass is 16.5. The van der Waals surface area contributed by atoms with E-state index in [0.29, 0.717) is 0 Å². The molecule has 1 aromatic rings. The van der Waals surface area contributed by atoms with Gasteiger partial charge >= 0.3 is 11.9 Å². The van der Waals surface area contributed by atoms with Crippen molar-refractivity contribution in [3.8, 4) is 0 Å². The van der Waals surface area contributed by atoms with E-state index in [4.69, 9.17) is 10.2 Å². The molecular formula is C12H12O7. The minimum Gasteiger partial charge on any atom is -0.479 e. The number of carbonyl (C=O) groups is 2. The number of carboxylic acid groups (broad SMARTS) is 2. The molecule has 2 unspecified atom stereocenters. The molecule has 19 heavy (non-hydrogen) atoms. The van der Waals surface area contributed by atoms with Crippen molar-refractivity contribution in [3.63, 3.8) is 0 Å². The zero-order chi connectivity index (χ0) is 14.4. The first-order valence-electron chi connectivity index (χ1n) is 5.41. The second kappa shape index (κ2) is 4.02. The number of aliphatic carboxylic acids is 2. The normalized spacial score (nSPS) is 37.4. The predicted octanol–water partition coefficient (Wildman–Crippen LogP) is -1.22. The van der Waals surface area contributed by atoms with Gasteiger partial charge in [0.15, 0.2) is 0 Å². The van der Waals surface area contributed by atoms with Crippen LogP contribution in [0, 0.1) is 0 Å². The van der Waals surface area contributed by atoms with Gasteiger partial charge in [0.25, 0.3) is 0 Å². The zero-order valence-corrected chi connectivity index (χ0v) is 9.59. The predicted molar refractivity (Wildman–Crippen MR) is 60.4 cm³/mol. The number of benzene rings is 1. The molecule has 0 heterocycles. The molecule has 7 heteroatoms. The first kappa shape index (κ1) is 13.5. The average molecular weight is 268 g/mol. The van der Waals surface area contributed by atoms with Crippen LogP contribution < -0.4 is 0 Å². The first-order chi connectivity index (χ1) is 8.77. The molecule has 1 aromatic carbocycles. The quantitative estimate of drug-likeness (QED) is 0.463. The van der Waals surface area contributed by atoms with Crippen molar-refractivity contribution < 1.29 is 35.1 Å². The van der Waals surface area contributed by atoms with Crippen LogP contribution in [0.25, 0.3) is 0 Å². The van der Waals surface area contributed by atoms with Crippen molar-refractivity contribution in [1.82, 2.24) is 0 Å². The highest BCUT2D eigenvalue weighted by Crippen LogP contribution is 2.54. The Morgan fingerprint density at radius 1 is 0.947 bits per heavy atom. The summed E-state index contributed by atoms with van der Waals surface area (Å²) in [5.41, 5.74) is -5.37. The Hall–Kier alpha value is -1.96. The Morgan fingerprint density at radius 3 is 1.74 bits per heavy atom. The smallest absolute Gasteiger partial charge is 0.339 e. The van der Waals surface area contributed by atoms with Gasteiger partial charge in [0, 0.05) is 0 Å². The van der Waals surface area contributed by atoms with Crippen molar-refractivity contribution in [2.75, 3.05) is 0 Å². The van der Waals surface area contributed by atoms with Crippen LogP contribution in [0.15, 0.2) is 30.3 Å². The number of hydrogen-bond acceptors (Lipinski definition) is 5. The molecule has 0 aliphatic heterocycles. The van der Waals surface area contributed by atoms with Gasteiger partial charge in [0.2, 0.25) is 11.2 Å². The van der Waals surface area contributed by atoms with E-state index in [-0.39, 0.29) is 5.56 Å². The fraction of sp³-hybridized carbons (Fsp3) is 0.333. The van der Waals surface area contributed by atoms with E-state index in [0.717, 1.165) is 0 Å². The van der Waals surface area contributed by atoms with Crippen LogP contribution in [0.5, 0.6) is 0 Å². The molecular weight excluding hydrogens is 256 g/mol. The lowest BCUT2D eigenvalue weighted by molar-refractivity contribution is -0.281. The van der Waals surface area contributed by atoms with Crippen molar-refractivity contribution in [2.45, 2.75) is 23.2 Å². The van der Waals surface area contributed by atoms with Gasteiger partial charge in [-0.3, -0.25) is 0 Å². The molecule has 0 radical (unpaired) electrons. The summed E-state index contributed by atoms with van der Waals surface area (Å²) < 4.78 is 0. The second-order valence-electron chi connectivity index (χ2n) is 4.51. The van der Waals surface area contributed by atoms with Crippen molar-refractivity contribution in [3.05, 3.63) is 35.9 Å². The Balaban J connectivity index is 2.57. The maximum absolute atomic E-state index is 11.1. The zero-order valence-electron chi connectivity index (χ0n) is 9.59. The molecule has 2 rings (SSSR count). The van der Waals surface area contributed by atoms with Gasteiger partial charge in [-0.1, -0.05) is 30.3 Å². The van der Waals surface area contributed by atoms with Crippen LogP contribution in [0.1, 0.15) is 11.5 Å². The third-order valence-electron chi connectivity index (χ3n) is 3.53. The first-order valence-corrected chi connectivity index (χ1v) is 5.41. The Bertz CT molecular complexity index is 500. The monoisotopic (exact) mass is 268 g/mol.